The van der Waals surface area contributed by atoms with Crippen molar-refractivity contribution in [3.8, 4) is 0 Å². The van der Waals surface area contributed by atoms with Gasteiger partial charge in [-0.2, -0.15) is 0 Å². The second kappa shape index (κ2) is 4.12. The fraction of sp³-hybridized carbons (Fsp3) is 0.357. The number of fused-ring (bicyclic) bond motifs is 3. The zero-order valence-corrected chi connectivity index (χ0v) is 10.1. The van der Waals surface area contributed by atoms with Crippen LogP contribution in [0.2, 0.25) is 0 Å². The average molecular weight is 247 g/mol. The number of aryl methyl sites for hydroxylation is 1. The molecular weight excluding hydrogens is 233 g/mol. The highest BCUT2D eigenvalue weighted by Gasteiger charge is 2.27. The van der Waals surface area contributed by atoms with Crippen LogP contribution in [0.1, 0.15) is 24.5 Å². The van der Waals surface area contributed by atoms with Crippen molar-refractivity contribution >= 4 is 16.9 Å². The number of carbonyl (C=O) groups is 1. The van der Waals surface area contributed by atoms with Gasteiger partial charge in [-0.1, -0.05) is 0 Å². The van der Waals surface area contributed by atoms with E-state index in [-0.39, 0.29) is 17.7 Å². The number of benzene rings is 1. The molecule has 0 aliphatic carbocycles. The topological polar surface area (TPSA) is 31.2 Å². The summed E-state index contributed by atoms with van der Waals surface area (Å²) < 4.78 is 20.1. The first-order valence-corrected chi connectivity index (χ1v) is 6.04. The van der Waals surface area contributed by atoms with E-state index in [1.807, 2.05) is 0 Å². The van der Waals surface area contributed by atoms with E-state index in [0.29, 0.717) is 6.42 Å². The molecule has 1 aromatic heterocycles. The Balaban J connectivity index is 2.01. The van der Waals surface area contributed by atoms with Crippen LogP contribution in [-0.2, 0) is 16.1 Å². The first kappa shape index (κ1) is 11.3. The summed E-state index contributed by atoms with van der Waals surface area (Å²) in [5.41, 5.74) is 2.03. The molecule has 4 heteroatoms. The summed E-state index contributed by atoms with van der Waals surface area (Å²) in [5, 5.41) is 1.03. The molecule has 2 heterocycles. The summed E-state index contributed by atoms with van der Waals surface area (Å²) in [4.78, 5) is 11.4. The SMILES string of the molecule is COC(=O)CC1CCn2c1cc1ccc(F)cc12. The summed E-state index contributed by atoms with van der Waals surface area (Å²) >= 11 is 0. The smallest absolute Gasteiger partial charge is 0.306 e. The lowest BCUT2D eigenvalue weighted by Crippen LogP contribution is -2.06. The third-order valence-corrected chi connectivity index (χ3v) is 3.66. The Bertz CT molecular complexity index is 618. The lowest BCUT2D eigenvalue weighted by atomic mass is 10.0. The van der Waals surface area contributed by atoms with Crippen molar-refractivity contribution < 1.29 is 13.9 Å². The summed E-state index contributed by atoms with van der Waals surface area (Å²) in [6.45, 7) is 0.837. The molecule has 0 spiro atoms. The van der Waals surface area contributed by atoms with Crippen LogP contribution in [0.15, 0.2) is 24.3 Å². The van der Waals surface area contributed by atoms with Gasteiger partial charge in [0.25, 0.3) is 0 Å². The molecule has 1 aromatic carbocycles. The third kappa shape index (κ3) is 1.68. The van der Waals surface area contributed by atoms with Crippen molar-refractivity contribution in [3.05, 3.63) is 35.8 Å². The van der Waals surface area contributed by atoms with E-state index in [1.165, 1.54) is 13.2 Å². The molecule has 3 nitrogen and oxygen atoms in total. The minimum absolute atomic E-state index is 0.188. The fourth-order valence-corrected chi connectivity index (χ4v) is 2.76. The zero-order chi connectivity index (χ0) is 12.7. The number of hydrogen-bond donors (Lipinski definition) is 0. The van der Waals surface area contributed by atoms with Gasteiger partial charge in [-0.3, -0.25) is 4.79 Å². The highest BCUT2D eigenvalue weighted by atomic mass is 19.1. The van der Waals surface area contributed by atoms with Gasteiger partial charge in [0.1, 0.15) is 5.82 Å². The Morgan fingerprint density at radius 1 is 1.50 bits per heavy atom. The number of ether oxygens (including phenoxy) is 1. The largest absolute Gasteiger partial charge is 0.469 e. The minimum Gasteiger partial charge on any atom is -0.469 e. The first-order chi connectivity index (χ1) is 8.69. The number of aromatic nitrogens is 1. The number of esters is 1. The van der Waals surface area contributed by atoms with Crippen LogP contribution in [0.25, 0.3) is 10.9 Å². The molecule has 1 unspecified atom stereocenters. The van der Waals surface area contributed by atoms with Crippen molar-refractivity contribution in [3.63, 3.8) is 0 Å². The molecule has 1 atom stereocenters. The standard InChI is InChI=1S/C14H14FNO2/c1-18-14(17)7-10-4-5-16-12(10)6-9-2-3-11(15)8-13(9)16/h2-3,6,8,10H,4-5,7H2,1H3. The maximum atomic E-state index is 13.3. The monoisotopic (exact) mass is 247 g/mol. The van der Waals surface area contributed by atoms with Gasteiger partial charge in [-0.15, -0.1) is 0 Å². The zero-order valence-electron chi connectivity index (χ0n) is 10.1. The van der Waals surface area contributed by atoms with E-state index < -0.39 is 0 Å². The van der Waals surface area contributed by atoms with E-state index >= 15 is 0 Å². The summed E-state index contributed by atoms with van der Waals surface area (Å²) in [7, 11) is 1.40. The number of hydrogen-bond acceptors (Lipinski definition) is 2. The molecule has 0 N–H and O–H groups in total. The van der Waals surface area contributed by atoms with Gasteiger partial charge < -0.3 is 9.30 Å². The first-order valence-electron chi connectivity index (χ1n) is 6.04. The van der Waals surface area contributed by atoms with E-state index in [1.54, 1.807) is 12.1 Å². The number of methoxy groups -OCH3 is 1. The highest BCUT2D eigenvalue weighted by molar-refractivity contribution is 5.82. The lowest BCUT2D eigenvalue weighted by molar-refractivity contribution is -0.141. The molecule has 0 saturated carbocycles. The molecule has 0 saturated heterocycles. The summed E-state index contributed by atoms with van der Waals surface area (Å²) in [6, 6.07) is 6.85. The number of carbonyl (C=O) groups excluding carboxylic acids is 1. The van der Waals surface area contributed by atoms with Crippen molar-refractivity contribution in [2.45, 2.75) is 25.3 Å². The predicted molar refractivity (Wildman–Crippen MR) is 65.9 cm³/mol. The molecule has 94 valence electrons. The Kier molecular flexibility index (Phi) is 2.58. The molecule has 0 amide bonds. The quantitative estimate of drug-likeness (QED) is 0.764. The van der Waals surface area contributed by atoms with Gasteiger partial charge in [0, 0.05) is 23.5 Å². The normalized spacial score (nSPS) is 18.0. The van der Waals surface area contributed by atoms with Crippen LogP contribution in [0, 0.1) is 5.82 Å². The van der Waals surface area contributed by atoms with Gasteiger partial charge in [0.15, 0.2) is 0 Å². The summed E-state index contributed by atoms with van der Waals surface area (Å²) in [5.74, 6) is -0.224. The van der Waals surface area contributed by atoms with Crippen molar-refractivity contribution in [1.82, 2.24) is 4.57 Å². The molecule has 2 aromatic rings. The molecule has 3 rings (SSSR count). The molecule has 1 aliphatic heterocycles. The number of rotatable bonds is 2. The highest BCUT2D eigenvalue weighted by Crippen LogP contribution is 2.36. The van der Waals surface area contributed by atoms with Gasteiger partial charge in [0.05, 0.1) is 19.0 Å². The van der Waals surface area contributed by atoms with Crippen molar-refractivity contribution in [1.29, 1.82) is 0 Å². The average Bonchev–Trinajstić information content (AvgIpc) is 2.90. The predicted octanol–water partition coefficient (Wildman–Crippen LogP) is 2.83. The van der Waals surface area contributed by atoms with Gasteiger partial charge >= 0.3 is 5.97 Å². The van der Waals surface area contributed by atoms with Crippen molar-refractivity contribution in [2.75, 3.05) is 7.11 Å². The van der Waals surface area contributed by atoms with Crippen LogP contribution in [-0.4, -0.2) is 17.6 Å². The Labute approximate surface area is 104 Å². The second-order valence-electron chi connectivity index (χ2n) is 4.69. The van der Waals surface area contributed by atoms with Gasteiger partial charge in [-0.25, -0.2) is 4.39 Å². The van der Waals surface area contributed by atoms with E-state index in [9.17, 15) is 9.18 Å². The maximum Gasteiger partial charge on any atom is 0.306 e. The molecule has 18 heavy (non-hydrogen) atoms. The van der Waals surface area contributed by atoms with E-state index in [0.717, 1.165) is 29.6 Å². The molecule has 0 bridgehead atoms. The van der Waals surface area contributed by atoms with Gasteiger partial charge in [-0.05, 0) is 30.7 Å². The van der Waals surface area contributed by atoms with Crippen LogP contribution >= 0.6 is 0 Å². The molecule has 0 fully saturated rings. The van der Waals surface area contributed by atoms with Crippen LogP contribution in [0.4, 0.5) is 4.39 Å². The third-order valence-electron chi connectivity index (χ3n) is 3.66. The van der Waals surface area contributed by atoms with E-state index in [2.05, 4.69) is 10.6 Å². The van der Waals surface area contributed by atoms with Crippen LogP contribution in [0.5, 0.6) is 0 Å². The second-order valence-corrected chi connectivity index (χ2v) is 4.69. The lowest BCUT2D eigenvalue weighted by Gasteiger charge is -2.06. The molecular formula is C14H14FNO2. The van der Waals surface area contributed by atoms with Crippen molar-refractivity contribution in [2.24, 2.45) is 0 Å². The van der Waals surface area contributed by atoms with E-state index in [4.69, 9.17) is 4.74 Å². The van der Waals surface area contributed by atoms with Gasteiger partial charge in [0.2, 0.25) is 0 Å². The minimum atomic E-state index is -0.222. The Morgan fingerprint density at radius 3 is 3.11 bits per heavy atom. The molecule has 1 aliphatic rings. The fourth-order valence-electron chi connectivity index (χ4n) is 2.76. The molecule has 0 radical (unpaired) electrons. The Morgan fingerprint density at radius 2 is 2.33 bits per heavy atom. The number of halogens is 1. The van der Waals surface area contributed by atoms with Crippen LogP contribution < -0.4 is 0 Å². The van der Waals surface area contributed by atoms with Crippen LogP contribution in [0.3, 0.4) is 0 Å². The maximum absolute atomic E-state index is 13.3. The summed E-state index contributed by atoms with van der Waals surface area (Å²) in [6.07, 6.45) is 1.31. The number of nitrogens with zero attached hydrogens (tertiary/aromatic N) is 1. The Hall–Kier alpha value is -1.84.